The van der Waals surface area contributed by atoms with Crippen molar-refractivity contribution in [2.24, 2.45) is 0 Å². The molecule has 1 heterocycles. The van der Waals surface area contributed by atoms with Gasteiger partial charge in [0.1, 0.15) is 5.56 Å². The van der Waals surface area contributed by atoms with Crippen molar-refractivity contribution in [1.82, 2.24) is 4.98 Å². The quantitative estimate of drug-likeness (QED) is 0.456. The number of halogens is 7. The molecule has 0 aliphatic rings. The predicted octanol–water partition coefficient (Wildman–Crippen LogP) is 4.07. The van der Waals surface area contributed by atoms with Gasteiger partial charge in [0.05, 0.1) is 5.69 Å². The zero-order valence-electron chi connectivity index (χ0n) is 7.45. The van der Waals surface area contributed by atoms with Gasteiger partial charge < -0.3 is 0 Å². The Balaban J connectivity index is 3.39. The molecule has 0 atom stereocenters. The zero-order valence-corrected chi connectivity index (χ0v) is 9.04. The van der Waals surface area contributed by atoms with Gasteiger partial charge >= 0.3 is 6.18 Å². The van der Waals surface area contributed by atoms with E-state index in [-0.39, 0.29) is 11.4 Å². The molecule has 0 unspecified atom stereocenters. The minimum atomic E-state index is -5.04. The number of pyridine rings is 1. The molecule has 0 saturated carbocycles. The van der Waals surface area contributed by atoms with E-state index in [1.807, 2.05) is 0 Å². The molecule has 1 rings (SSSR count). The van der Waals surface area contributed by atoms with Crippen LogP contribution in [0.2, 0.25) is 0 Å². The summed E-state index contributed by atoms with van der Waals surface area (Å²) in [4.78, 5) is 2.87. The van der Waals surface area contributed by atoms with Gasteiger partial charge in [-0.1, -0.05) is 15.9 Å². The molecule has 1 aromatic rings. The van der Waals surface area contributed by atoms with E-state index in [0.29, 0.717) is 0 Å². The molecule has 0 saturated heterocycles. The summed E-state index contributed by atoms with van der Waals surface area (Å²) in [6.07, 6.45) is -8.17. The van der Waals surface area contributed by atoms with Gasteiger partial charge in [-0.2, -0.15) is 17.6 Å². The lowest BCUT2D eigenvalue weighted by molar-refractivity contribution is -0.140. The highest BCUT2D eigenvalue weighted by atomic mass is 79.9. The van der Waals surface area contributed by atoms with Crippen LogP contribution in [0.25, 0.3) is 0 Å². The van der Waals surface area contributed by atoms with E-state index < -0.39 is 35.4 Å². The van der Waals surface area contributed by atoms with Crippen LogP contribution in [0.3, 0.4) is 0 Å². The van der Waals surface area contributed by atoms with E-state index >= 15 is 0 Å². The van der Waals surface area contributed by atoms with Crippen molar-refractivity contribution < 1.29 is 26.3 Å². The van der Waals surface area contributed by atoms with Gasteiger partial charge in [0, 0.05) is 10.9 Å². The Morgan fingerprint density at radius 1 is 1.31 bits per heavy atom. The molecule has 0 amide bonds. The average molecular weight is 308 g/mol. The third-order valence-electron chi connectivity index (χ3n) is 1.76. The van der Waals surface area contributed by atoms with Gasteiger partial charge in [0.25, 0.3) is 6.43 Å². The summed E-state index contributed by atoms with van der Waals surface area (Å²) in [5, 5.41) is -0.248. The maximum atomic E-state index is 12.9. The summed E-state index contributed by atoms with van der Waals surface area (Å²) in [5.41, 5.74) is -3.15. The number of alkyl halides is 6. The Morgan fingerprint density at radius 3 is 2.25 bits per heavy atom. The first-order chi connectivity index (χ1) is 7.27. The monoisotopic (exact) mass is 307 g/mol. The van der Waals surface area contributed by atoms with E-state index in [9.17, 15) is 26.3 Å². The molecule has 8 heteroatoms. The number of hydrogen-bond donors (Lipinski definition) is 0. The number of aromatic nitrogens is 1. The van der Waals surface area contributed by atoms with Crippen LogP contribution in [0.5, 0.6) is 0 Å². The third kappa shape index (κ3) is 2.66. The second kappa shape index (κ2) is 4.60. The van der Waals surface area contributed by atoms with Crippen LogP contribution in [0.1, 0.15) is 23.2 Å². The van der Waals surface area contributed by atoms with E-state index in [1.54, 1.807) is 0 Å². The third-order valence-corrected chi connectivity index (χ3v) is 2.29. The van der Waals surface area contributed by atoms with Crippen molar-refractivity contribution in [3.05, 3.63) is 28.8 Å². The van der Waals surface area contributed by atoms with Crippen molar-refractivity contribution in [3.8, 4) is 0 Å². The van der Waals surface area contributed by atoms with Gasteiger partial charge in [0.15, 0.2) is 0 Å². The van der Waals surface area contributed by atoms with Crippen molar-refractivity contribution in [2.75, 3.05) is 0 Å². The predicted molar refractivity (Wildman–Crippen MR) is 46.8 cm³/mol. The van der Waals surface area contributed by atoms with Crippen molar-refractivity contribution >= 4 is 15.9 Å². The Labute approximate surface area is 94.6 Å². The van der Waals surface area contributed by atoms with E-state index in [2.05, 4.69) is 20.9 Å². The van der Waals surface area contributed by atoms with Crippen LogP contribution in [0, 0.1) is 5.95 Å². The van der Waals surface area contributed by atoms with Gasteiger partial charge in [-0.15, -0.1) is 0 Å². The largest absolute Gasteiger partial charge is 0.420 e. The normalized spacial score (nSPS) is 12.2. The van der Waals surface area contributed by atoms with Crippen molar-refractivity contribution in [3.63, 3.8) is 0 Å². The van der Waals surface area contributed by atoms with Crippen molar-refractivity contribution in [1.29, 1.82) is 0 Å². The minimum absolute atomic E-state index is 0.0869. The molecule has 0 N–H and O–H groups in total. The van der Waals surface area contributed by atoms with E-state index in [0.717, 1.165) is 0 Å². The first kappa shape index (κ1) is 13.3. The Bertz CT molecular complexity index is 389. The topological polar surface area (TPSA) is 12.9 Å². The molecular weight excluding hydrogens is 304 g/mol. The van der Waals surface area contributed by atoms with Crippen molar-refractivity contribution in [2.45, 2.75) is 17.9 Å². The second-order valence-corrected chi connectivity index (χ2v) is 3.36. The highest BCUT2D eigenvalue weighted by Gasteiger charge is 2.36. The Kier molecular flexibility index (Phi) is 3.82. The van der Waals surface area contributed by atoms with E-state index in [1.165, 1.54) is 0 Å². The smallest absolute Gasteiger partial charge is 0.223 e. The van der Waals surface area contributed by atoms with Gasteiger partial charge in [0.2, 0.25) is 5.95 Å². The summed E-state index contributed by atoms with van der Waals surface area (Å²) in [5.74, 6) is -1.80. The maximum absolute atomic E-state index is 12.9. The minimum Gasteiger partial charge on any atom is -0.223 e. The summed E-state index contributed by atoms with van der Waals surface area (Å²) >= 11 is 2.74. The van der Waals surface area contributed by atoms with E-state index in [4.69, 9.17) is 0 Å². The average Bonchev–Trinajstić information content (AvgIpc) is 2.14. The lowest BCUT2D eigenvalue weighted by atomic mass is 10.1. The number of rotatable bonds is 2. The molecule has 16 heavy (non-hydrogen) atoms. The maximum Gasteiger partial charge on any atom is 0.420 e. The molecule has 90 valence electrons. The first-order valence-corrected chi connectivity index (χ1v) is 5.00. The number of nitrogens with zero attached hydrogens (tertiary/aromatic N) is 1. The molecule has 0 aliphatic heterocycles. The molecule has 0 fully saturated rings. The molecule has 0 spiro atoms. The first-order valence-electron chi connectivity index (χ1n) is 3.88. The van der Waals surface area contributed by atoms with Crippen LogP contribution in [0.4, 0.5) is 26.3 Å². The van der Waals surface area contributed by atoms with Crippen LogP contribution < -0.4 is 0 Å². The molecule has 1 aromatic heterocycles. The molecule has 0 bridgehead atoms. The SMILES string of the molecule is Fc1nc(CBr)c(C(F)F)cc1C(F)(F)F. The lowest BCUT2D eigenvalue weighted by Crippen LogP contribution is -2.12. The highest BCUT2D eigenvalue weighted by Crippen LogP contribution is 2.34. The summed E-state index contributed by atoms with van der Waals surface area (Å²) < 4.78 is 74.2. The fourth-order valence-electron chi connectivity index (χ4n) is 1.04. The van der Waals surface area contributed by atoms with Crippen LogP contribution in [-0.4, -0.2) is 4.98 Å². The molecule has 0 radical (unpaired) electrons. The van der Waals surface area contributed by atoms with Crippen LogP contribution >= 0.6 is 15.9 Å². The number of hydrogen-bond acceptors (Lipinski definition) is 1. The van der Waals surface area contributed by atoms with Crippen LogP contribution in [0.15, 0.2) is 6.07 Å². The summed E-state index contributed by atoms with van der Waals surface area (Å²) in [6.45, 7) is 0. The molecular formula is C8H4BrF6N. The summed E-state index contributed by atoms with van der Waals surface area (Å²) in [6, 6.07) is 0.0869. The van der Waals surface area contributed by atoms with Gasteiger partial charge in [-0.25, -0.2) is 13.8 Å². The Morgan fingerprint density at radius 2 is 1.88 bits per heavy atom. The molecule has 0 aromatic carbocycles. The fourth-order valence-corrected chi connectivity index (χ4v) is 1.49. The van der Waals surface area contributed by atoms with Gasteiger partial charge in [-0.05, 0) is 6.07 Å². The van der Waals surface area contributed by atoms with Gasteiger partial charge in [-0.3, -0.25) is 0 Å². The second-order valence-electron chi connectivity index (χ2n) is 2.79. The molecule has 0 aliphatic carbocycles. The Hall–Kier alpha value is -0.790. The highest BCUT2D eigenvalue weighted by molar-refractivity contribution is 9.08. The van der Waals surface area contributed by atoms with Crippen LogP contribution in [-0.2, 0) is 11.5 Å². The fraction of sp³-hybridized carbons (Fsp3) is 0.375. The lowest BCUT2D eigenvalue weighted by Gasteiger charge is -2.11. The standard InChI is InChI=1S/C8H4BrF6N/c9-2-5-3(6(10)11)1-4(7(12)16-5)8(13,14)15/h1,6H,2H2. The molecule has 1 nitrogen and oxygen atoms in total. The summed E-state index contributed by atoms with van der Waals surface area (Å²) in [7, 11) is 0. The zero-order chi connectivity index (χ0) is 12.5.